The van der Waals surface area contributed by atoms with Crippen LogP contribution in [0.2, 0.25) is 15.1 Å². The van der Waals surface area contributed by atoms with Gasteiger partial charge in [0.25, 0.3) is 5.91 Å². The standard InChI is InChI=1S/C18H15Cl3N2O3/c1-25-7-6-23(18(24)13-4-2-11(19)8-14(13)21)10-17-22-15-9-12(20)3-5-16(15)26-17/h2-5,8-9H,6-7,10H2,1H3. The molecule has 26 heavy (non-hydrogen) atoms. The number of carbonyl (C=O) groups is 1. The smallest absolute Gasteiger partial charge is 0.255 e. The van der Waals surface area contributed by atoms with Gasteiger partial charge in [-0.2, -0.15) is 0 Å². The van der Waals surface area contributed by atoms with Crippen LogP contribution in [-0.2, 0) is 11.3 Å². The molecule has 0 bridgehead atoms. The molecule has 8 heteroatoms. The zero-order valence-electron chi connectivity index (χ0n) is 13.8. The van der Waals surface area contributed by atoms with Crippen LogP contribution in [0.25, 0.3) is 11.1 Å². The number of benzene rings is 2. The molecule has 0 saturated heterocycles. The maximum Gasteiger partial charge on any atom is 0.255 e. The van der Waals surface area contributed by atoms with Crippen molar-refractivity contribution in [2.24, 2.45) is 0 Å². The van der Waals surface area contributed by atoms with E-state index < -0.39 is 0 Å². The van der Waals surface area contributed by atoms with E-state index in [4.69, 9.17) is 44.0 Å². The summed E-state index contributed by atoms with van der Waals surface area (Å²) in [6.45, 7) is 0.893. The number of oxazole rings is 1. The number of halogens is 3. The fraction of sp³-hybridized carbons (Fsp3) is 0.222. The number of hydrogen-bond acceptors (Lipinski definition) is 4. The van der Waals surface area contributed by atoms with E-state index in [1.54, 1.807) is 42.3 Å². The Morgan fingerprint density at radius 3 is 2.62 bits per heavy atom. The average molecular weight is 414 g/mol. The predicted octanol–water partition coefficient (Wildman–Crippen LogP) is 5.08. The maximum absolute atomic E-state index is 12.9. The molecule has 3 rings (SSSR count). The molecular weight excluding hydrogens is 399 g/mol. The molecule has 0 N–H and O–H groups in total. The Morgan fingerprint density at radius 1 is 1.15 bits per heavy atom. The Labute approximate surface area is 165 Å². The summed E-state index contributed by atoms with van der Waals surface area (Å²) in [4.78, 5) is 18.9. The second kappa shape index (κ2) is 8.27. The molecule has 3 aromatic rings. The molecule has 5 nitrogen and oxygen atoms in total. The van der Waals surface area contributed by atoms with Crippen LogP contribution in [0.15, 0.2) is 40.8 Å². The van der Waals surface area contributed by atoms with Crippen molar-refractivity contribution < 1.29 is 13.9 Å². The molecular formula is C18H15Cl3N2O3. The predicted molar refractivity (Wildman–Crippen MR) is 102 cm³/mol. The number of amides is 1. The zero-order valence-corrected chi connectivity index (χ0v) is 16.1. The van der Waals surface area contributed by atoms with Crippen molar-refractivity contribution >= 4 is 51.8 Å². The van der Waals surface area contributed by atoms with Gasteiger partial charge in [0.15, 0.2) is 5.58 Å². The molecule has 1 amide bonds. The van der Waals surface area contributed by atoms with Crippen LogP contribution in [0.5, 0.6) is 0 Å². The Balaban J connectivity index is 1.87. The lowest BCUT2D eigenvalue weighted by molar-refractivity contribution is 0.0664. The summed E-state index contributed by atoms with van der Waals surface area (Å²) in [6.07, 6.45) is 0. The molecule has 0 radical (unpaired) electrons. The van der Waals surface area contributed by atoms with Crippen LogP contribution in [0.1, 0.15) is 16.2 Å². The van der Waals surface area contributed by atoms with Crippen molar-refractivity contribution in [2.75, 3.05) is 20.3 Å². The van der Waals surface area contributed by atoms with Crippen LogP contribution < -0.4 is 0 Å². The minimum atomic E-state index is -0.260. The summed E-state index contributed by atoms with van der Waals surface area (Å²) in [5, 5.41) is 1.32. The van der Waals surface area contributed by atoms with E-state index in [-0.39, 0.29) is 17.5 Å². The van der Waals surface area contributed by atoms with Crippen molar-refractivity contribution in [2.45, 2.75) is 6.54 Å². The highest BCUT2D eigenvalue weighted by molar-refractivity contribution is 6.36. The van der Waals surface area contributed by atoms with Gasteiger partial charge in [0, 0.05) is 23.7 Å². The molecule has 0 aliphatic heterocycles. The third-order valence-electron chi connectivity index (χ3n) is 3.73. The molecule has 0 saturated carbocycles. The molecule has 136 valence electrons. The highest BCUT2D eigenvalue weighted by atomic mass is 35.5. The molecule has 1 aromatic heterocycles. The number of hydrogen-bond donors (Lipinski definition) is 0. The number of carbonyl (C=O) groups excluding carboxylic acids is 1. The lowest BCUT2D eigenvalue weighted by Crippen LogP contribution is -2.33. The minimum absolute atomic E-state index is 0.174. The lowest BCUT2D eigenvalue weighted by atomic mass is 10.2. The summed E-state index contributed by atoms with van der Waals surface area (Å²) in [6, 6.07) is 9.93. The molecule has 2 aromatic carbocycles. The largest absolute Gasteiger partial charge is 0.439 e. The van der Waals surface area contributed by atoms with E-state index in [0.29, 0.717) is 45.8 Å². The first-order valence-corrected chi connectivity index (χ1v) is 8.89. The SMILES string of the molecule is COCCN(Cc1nc2cc(Cl)ccc2o1)C(=O)c1ccc(Cl)cc1Cl. The van der Waals surface area contributed by atoms with Crippen LogP contribution in [0.3, 0.4) is 0 Å². The van der Waals surface area contributed by atoms with Crippen molar-refractivity contribution in [3.8, 4) is 0 Å². The van der Waals surface area contributed by atoms with Gasteiger partial charge in [0.2, 0.25) is 5.89 Å². The van der Waals surface area contributed by atoms with E-state index in [2.05, 4.69) is 4.98 Å². The van der Waals surface area contributed by atoms with Gasteiger partial charge < -0.3 is 14.1 Å². The number of methoxy groups -OCH3 is 1. The topological polar surface area (TPSA) is 55.6 Å². The molecule has 0 atom stereocenters. The fourth-order valence-electron chi connectivity index (χ4n) is 2.47. The summed E-state index contributed by atoms with van der Waals surface area (Å²) in [7, 11) is 1.57. The number of ether oxygens (including phenoxy) is 1. The van der Waals surface area contributed by atoms with Crippen LogP contribution in [0, 0.1) is 0 Å². The number of fused-ring (bicyclic) bond motifs is 1. The Morgan fingerprint density at radius 2 is 1.88 bits per heavy atom. The first-order chi connectivity index (χ1) is 12.5. The second-order valence-electron chi connectivity index (χ2n) is 5.56. The minimum Gasteiger partial charge on any atom is -0.439 e. The summed E-state index contributed by atoms with van der Waals surface area (Å²) >= 11 is 18.1. The first kappa shape index (κ1) is 19.0. The maximum atomic E-state index is 12.9. The van der Waals surface area contributed by atoms with Crippen molar-refractivity contribution in [1.29, 1.82) is 0 Å². The van der Waals surface area contributed by atoms with Crippen LogP contribution >= 0.6 is 34.8 Å². The first-order valence-electron chi connectivity index (χ1n) is 7.76. The molecule has 0 unspecified atom stereocenters. The van der Waals surface area contributed by atoms with Crippen molar-refractivity contribution in [1.82, 2.24) is 9.88 Å². The van der Waals surface area contributed by atoms with E-state index in [1.165, 1.54) is 6.07 Å². The van der Waals surface area contributed by atoms with Crippen LogP contribution in [0.4, 0.5) is 0 Å². The molecule has 0 aliphatic rings. The van der Waals surface area contributed by atoms with Gasteiger partial charge in [-0.1, -0.05) is 34.8 Å². The second-order valence-corrected chi connectivity index (χ2v) is 6.84. The van der Waals surface area contributed by atoms with Gasteiger partial charge >= 0.3 is 0 Å². The molecule has 0 fully saturated rings. The third-order valence-corrected chi connectivity index (χ3v) is 4.52. The molecule has 0 spiro atoms. The quantitative estimate of drug-likeness (QED) is 0.565. The van der Waals surface area contributed by atoms with Gasteiger partial charge in [-0.05, 0) is 36.4 Å². The monoisotopic (exact) mass is 412 g/mol. The van der Waals surface area contributed by atoms with E-state index in [9.17, 15) is 4.79 Å². The summed E-state index contributed by atoms with van der Waals surface area (Å²) < 4.78 is 10.8. The Bertz CT molecular complexity index is 943. The van der Waals surface area contributed by atoms with Crippen molar-refractivity contribution in [3.05, 3.63) is 62.9 Å². The summed E-state index contributed by atoms with van der Waals surface area (Å²) in [5.41, 5.74) is 1.59. The van der Waals surface area contributed by atoms with Gasteiger partial charge in [-0.3, -0.25) is 4.79 Å². The van der Waals surface area contributed by atoms with E-state index in [0.717, 1.165) is 0 Å². The molecule has 1 heterocycles. The highest BCUT2D eigenvalue weighted by Crippen LogP contribution is 2.24. The normalized spacial score (nSPS) is 11.1. The van der Waals surface area contributed by atoms with Gasteiger partial charge in [-0.15, -0.1) is 0 Å². The summed E-state index contributed by atoms with van der Waals surface area (Å²) in [5.74, 6) is 0.140. The third kappa shape index (κ3) is 4.30. The van der Waals surface area contributed by atoms with Gasteiger partial charge in [0.1, 0.15) is 5.52 Å². The number of rotatable bonds is 6. The number of aromatic nitrogens is 1. The van der Waals surface area contributed by atoms with Crippen LogP contribution in [-0.4, -0.2) is 36.1 Å². The van der Waals surface area contributed by atoms with Gasteiger partial charge in [0.05, 0.1) is 23.7 Å². The van der Waals surface area contributed by atoms with E-state index >= 15 is 0 Å². The zero-order chi connectivity index (χ0) is 18.7. The fourth-order valence-corrected chi connectivity index (χ4v) is 3.12. The van der Waals surface area contributed by atoms with E-state index in [1.807, 2.05) is 0 Å². The number of nitrogens with zero attached hydrogens (tertiary/aromatic N) is 2. The van der Waals surface area contributed by atoms with Crippen molar-refractivity contribution in [3.63, 3.8) is 0 Å². The molecule has 0 aliphatic carbocycles. The Kier molecular flexibility index (Phi) is 6.04. The van der Waals surface area contributed by atoms with Gasteiger partial charge in [-0.25, -0.2) is 4.98 Å². The highest BCUT2D eigenvalue weighted by Gasteiger charge is 2.21. The Hall–Kier alpha value is -1.79. The lowest BCUT2D eigenvalue weighted by Gasteiger charge is -2.21. The average Bonchev–Trinajstić information content (AvgIpc) is 2.99.